The molecule has 2 aromatic carbocycles. The molecule has 0 radical (unpaired) electrons. The summed E-state index contributed by atoms with van der Waals surface area (Å²) in [6, 6.07) is 17.8. The standard InChI is InChI=1S/C23H26N4O2/c28-22(11-13-27-18-24-21-9-5-4-8-20(21)23(27)29)26-16-14-25(15-17-26)12-10-19-6-2-1-3-7-19/h1-9,18H,10-17H2. The lowest BCUT2D eigenvalue weighted by Gasteiger charge is -2.34. The Morgan fingerprint density at radius 1 is 0.897 bits per heavy atom. The summed E-state index contributed by atoms with van der Waals surface area (Å²) in [6.45, 7) is 4.68. The smallest absolute Gasteiger partial charge is 0.261 e. The van der Waals surface area contributed by atoms with Gasteiger partial charge < -0.3 is 4.90 Å². The van der Waals surface area contributed by atoms with E-state index in [0.717, 1.165) is 39.1 Å². The summed E-state index contributed by atoms with van der Waals surface area (Å²) < 4.78 is 1.54. The molecule has 0 atom stereocenters. The van der Waals surface area contributed by atoms with Crippen LogP contribution in [0.2, 0.25) is 0 Å². The van der Waals surface area contributed by atoms with E-state index in [1.165, 1.54) is 10.1 Å². The number of aryl methyl sites for hydroxylation is 1. The van der Waals surface area contributed by atoms with E-state index in [9.17, 15) is 9.59 Å². The third-order valence-electron chi connectivity index (χ3n) is 5.58. The Bertz CT molecular complexity index is 1020. The van der Waals surface area contributed by atoms with Gasteiger partial charge in [-0.05, 0) is 24.1 Å². The van der Waals surface area contributed by atoms with E-state index in [0.29, 0.717) is 23.9 Å². The summed E-state index contributed by atoms with van der Waals surface area (Å²) in [6.07, 6.45) is 2.90. The van der Waals surface area contributed by atoms with Crippen molar-refractivity contribution < 1.29 is 4.79 Å². The number of aromatic nitrogens is 2. The fourth-order valence-electron chi connectivity index (χ4n) is 3.79. The van der Waals surface area contributed by atoms with Gasteiger partial charge >= 0.3 is 0 Å². The van der Waals surface area contributed by atoms with E-state index < -0.39 is 0 Å². The number of rotatable bonds is 6. The number of piperazine rings is 1. The number of para-hydroxylation sites is 1. The SMILES string of the molecule is O=C(CCn1cnc2ccccc2c1=O)N1CCN(CCc2ccccc2)CC1. The lowest BCUT2D eigenvalue weighted by molar-refractivity contribution is -0.133. The van der Waals surface area contributed by atoms with Gasteiger partial charge in [0.15, 0.2) is 0 Å². The molecule has 1 aliphatic heterocycles. The van der Waals surface area contributed by atoms with Crippen molar-refractivity contribution in [2.75, 3.05) is 32.7 Å². The molecule has 1 fully saturated rings. The highest BCUT2D eigenvalue weighted by atomic mass is 16.2. The Balaban J connectivity index is 1.26. The fraction of sp³-hybridized carbons (Fsp3) is 0.348. The number of hydrogen-bond acceptors (Lipinski definition) is 4. The van der Waals surface area contributed by atoms with E-state index in [2.05, 4.69) is 34.1 Å². The molecule has 3 aromatic rings. The van der Waals surface area contributed by atoms with Crippen LogP contribution < -0.4 is 5.56 Å². The maximum atomic E-state index is 12.6. The van der Waals surface area contributed by atoms with Crippen LogP contribution in [-0.2, 0) is 17.8 Å². The molecule has 0 saturated carbocycles. The molecule has 1 aliphatic rings. The van der Waals surface area contributed by atoms with Gasteiger partial charge in [-0.1, -0.05) is 42.5 Å². The Kier molecular flexibility index (Phi) is 6.00. The molecule has 4 rings (SSSR count). The van der Waals surface area contributed by atoms with Gasteiger partial charge in [-0.15, -0.1) is 0 Å². The second-order valence-electron chi connectivity index (χ2n) is 7.47. The van der Waals surface area contributed by atoms with Crippen molar-refractivity contribution in [2.24, 2.45) is 0 Å². The zero-order valence-electron chi connectivity index (χ0n) is 16.5. The van der Waals surface area contributed by atoms with Gasteiger partial charge in [-0.3, -0.25) is 19.1 Å². The molecule has 150 valence electrons. The monoisotopic (exact) mass is 390 g/mol. The first kappa shape index (κ1) is 19.3. The molecule has 0 N–H and O–H groups in total. The summed E-state index contributed by atoms with van der Waals surface area (Å²) in [5.41, 5.74) is 1.95. The third-order valence-corrected chi connectivity index (χ3v) is 5.58. The van der Waals surface area contributed by atoms with E-state index in [1.54, 1.807) is 12.4 Å². The maximum Gasteiger partial charge on any atom is 0.261 e. The molecule has 0 unspecified atom stereocenters. The van der Waals surface area contributed by atoms with Crippen LogP contribution in [0.15, 0.2) is 65.7 Å². The van der Waals surface area contributed by atoms with E-state index in [4.69, 9.17) is 0 Å². The lowest BCUT2D eigenvalue weighted by Crippen LogP contribution is -2.49. The molecule has 0 bridgehead atoms. The molecular formula is C23H26N4O2. The van der Waals surface area contributed by atoms with Gasteiger partial charge in [-0.25, -0.2) is 4.98 Å². The summed E-state index contributed by atoms with van der Waals surface area (Å²) in [7, 11) is 0. The van der Waals surface area contributed by atoms with Crippen molar-refractivity contribution in [1.29, 1.82) is 0 Å². The number of amides is 1. The van der Waals surface area contributed by atoms with Crippen LogP contribution in [0.25, 0.3) is 10.9 Å². The van der Waals surface area contributed by atoms with Crippen molar-refractivity contribution in [2.45, 2.75) is 19.4 Å². The summed E-state index contributed by atoms with van der Waals surface area (Å²) in [5.74, 6) is 0.104. The number of carbonyl (C=O) groups excluding carboxylic acids is 1. The zero-order chi connectivity index (χ0) is 20.1. The number of carbonyl (C=O) groups is 1. The summed E-state index contributed by atoms with van der Waals surface area (Å²) in [4.78, 5) is 33.8. The maximum absolute atomic E-state index is 12.6. The molecule has 1 aromatic heterocycles. The van der Waals surface area contributed by atoms with E-state index >= 15 is 0 Å². The fourth-order valence-corrected chi connectivity index (χ4v) is 3.79. The van der Waals surface area contributed by atoms with Crippen LogP contribution in [0.4, 0.5) is 0 Å². The second kappa shape index (κ2) is 9.01. The Morgan fingerprint density at radius 3 is 2.41 bits per heavy atom. The minimum absolute atomic E-state index is 0.0888. The lowest BCUT2D eigenvalue weighted by atomic mass is 10.1. The van der Waals surface area contributed by atoms with Gasteiger partial charge in [0.05, 0.1) is 17.2 Å². The van der Waals surface area contributed by atoms with Crippen LogP contribution in [0.5, 0.6) is 0 Å². The molecule has 0 aliphatic carbocycles. The first-order valence-corrected chi connectivity index (χ1v) is 10.2. The average molecular weight is 390 g/mol. The van der Waals surface area contributed by atoms with Crippen LogP contribution in [0.3, 0.4) is 0 Å². The molecule has 6 nitrogen and oxygen atoms in total. The quantitative estimate of drug-likeness (QED) is 0.647. The summed E-state index contributed by atoms with van der Waals surface area (Å²) in [5, 5.41) is 0.592. The van der Waals surface area contributed by atoms with Gasteiger partial charge in [0.1, 0.15) is 0 Å². The molecule has 29 heavy (non-hydrogen) atoms. The Labute approximate surface area is 170 Å². The van der Waals surface area contributed by atoms with Crippen molar-refractivity contribution in [3.05, 3.63) is 76.8 Å². The molecule has 6 heteroatoms. The highest BCUT2D eigenvalue weighted by Gasteiger charge is 2.20. The van der Waals surface area contributed by atoms with Crippen molar-refractivity contribution >= 4 is 16.8 Å². The molecule has 1 amide bonds. The van der Waals surface area contributed by atoms with Crippen LogP contribution in [0, 0.1) is 0 Å². The zero-order valence-corrected chi connectivity index (χ0v) is 16.5. The Morgan fingerprint density at radius 2 is 1.62 bits per heavy atom. The number of benzene rings is 2. The third kappa shape index (κ3) is 4.71. The number of hydrogen-bond donors (Lipinski definition) is 0. The molecule has 0 spiro atoms. The van der Waals surface area contributed by atoms with Crippen LogP contribution in [-0.4, -0.2) is 58.0 Å². The van der Waals surface area contributed by atoms with E-state index in [1.807, 2.05) is 29.2 Å². The minimum atomic E-state index is -0.0888. The van der Waals surface area contributed by atoms with Crippen molar-refractivity contribution in [1.82, 2.24) is 19.4 Å². The van der Waals surface area contributed by atoms with Crippen molar-refractivity contribution in [3.8, 4) is 0 Å². The highest BCUT2D eigenvalue weighted by molar-refractivity contribution is 5.77. The predicted molar refractivity (Wildman–Crippen MR) is 114 cm³/mol. The van der Waals surface area contributed by atoms with Crippen molar-refractivity contribution in [3.63, 3.8) is 0 Å². The second-order valence-corrected chi connectivity index (χ2v) is 7.47. The normalized spacial score (nSPS) is 15.0. The number of fused-ring (bicyclic) bond motifs is 1. The Hall–Kier alpha value is -2.99. The van der Waals surface area contributed by atoms with Crippen LogP contribution in [0.1, 0.15) is 12.0 Å². The average Bonchev–Trinajstić information content (AvgIpc) is 2.78. The van der Waals surface area contributed by atoms with Gasteiger partial charge in [-0.2, -0.15) is 0 Å². The first-order valence-electron chi connectivity index (χ1n) is 10.2. The topological polar surface area (TPSA) is 58.4 Å². The molecule has 2 heterocycles. The predicted octanol–water partition coefficient (Wildman–Crippen LogP) is 2.17. The van der Waals surface area contributed by atoms with Gasteiger partial charge in [0.2, 0.25) is 5.91 Å². The molecule has 1 saturated heterocycles. The largest absolute Gasteiger partial charge is 0.340 e. The number of nitrogens with zero attached hydrogens (tertiary/aromatic N) is 4. The van der Waals surface area contributed by atoms with Crippen LogP contribution >= 0.6 is 0 Å². The van der Waals surface area contributed by atoms with Gasteiger partial charge in [0.25, 0.3) is 5.56 Å². The molecular weight excluding hydrogens is 364 g/mol. The highest BCUT2D eigenvalue weighted by Crippen LogP contribution is 2.08. The minimum Gasteiger partial charge on any atom is -0.340 e. The first-order chi connectivity index (χ1) is 14.2. The van der Waals surface area contributed by atoms with Gasteiger partial charge in [0, 0.05) is 45.7 Å². The summed E-state index contributed by atoms with van der Waals surface area (Å²) >= 11 is 0. The van der Waals surface area contributed by atoms with E-state index in [-0.39, 0.29) is 11.5 Å².